The van der Waals surface area contributed by atoms with Crippen LogP contribution in [-0.2, 0) is 4.74 Å². The van der Waals surface area contributed by atoms with Crippen molar-refractivity contribution in [3.63, 3.8) is 0 Å². The van der Waals surface area contributed by atoms with Crippen LogP contribution in [0.4, 0.5) is 0 Å². The standard InChI is InChI=1S/C14H20N2O/c1-15-7-8-16(9-13-11-17-13)14(10-15)12-5-3-2-4-6-12/h2-6,13-14H,7-11H2,1H3. The molecule has 3 nitrogen and oxygen atoms in total. The summed E-state index contributed by atoms with van der Waals surface area (Å²) in [5.74, 6) is 0. The van der Waals surface area contributed by atoms with Gasteiger partial charge in [-0.2, -0.15) is 0 Å². The Morgan fingerprint density at radius 1 is 1.24 bits per heavy atom. The van der Waals surface area contributed by atoms with Crippen LogP contribution in [0.3, 0.4) is 0 Å². The molecule has 1 aromatic rings. The van der Waals surface area contributed by atoms with Crippen LogP contribution in [-0.4, -0.2) is 55.7 Å². The van der Waals surface area contributed by atoms with Gasteiger partial charge < -0.3 is 9.64 Å². The van der Waals surface area contributed by atoms with E-state index in [1.165, 1.54) is 5.56 Å². The monoisotopic (exact) mass is 232 g/mol. The van der Waals surface area contributed by atoms with Gasteiger partial charge in [-0.15, -0.1) is 0 Å². The number of ether oxygens (including phenoxy) is 1. The highest BCUT2D eigenvalue weighted by Crippen LogP contribution is 2.26. The molecular weight excluding hydrogens is 212 g/mol. The van der Waals surface area contributed by atoms with Gasteiger partial charge in [0.15, 0.2) is 0 Å². The molecule has 0 aliphatic carbocycles. The second kappa shape index (κ2) is 4.77. The van der Waals surface area contributed by atoms with Crippen molar-refractivity contribution in [1.29, 1.82) is 0 Å². The molecule has 3 heteroatoms. The largest absolute Gasteiger partial charge is 0.372 e. The molecule has 2 aliphatic heterocycles. The molecule has 1 aromatic carbocycles. The maximum Gasteiger partial charge on any atom is 0.0936 e. The second-order valence-corrected chi connectivity index (χ2v) is 5.14. The van der Waals surface area contributed by atoms with Crippen LogP contribution in [0.25, 0.3) is 0 Å². The van der Waals surface area contributed by atoms with Gasteiger partial charge in [-0.05, 0) is 12.6 Å². The minimum Gasteiger partial charge on any atom is -0.372 e. The van der Waals surface area contributed by atoms with Crippen LogP contribution in [0.5, 0.6) is 0 Å². The van der Waals surface area contributed by atoms with Crippen molar-refractivity contribution in [1.82, 2.24) is 9.80 Å². The summed E-state index contributed by atoms with van der Waals surface area (Å²) in [6.45, 7) is 5.48. The number of likely N-dealkylation sites (N-methyl/N-ethyl adjacent to an activating group) is 1. The zero-order valence-electron chi connectivity index (χ0n) is 10.4. The maximum atomic E-state index is 5.37. The summed E-state index contributed by atoms with van der Waals surface area (Å²) in [4.78, 5) is 4.99. The summed E-state index contributed by atoms with van der Waals surface area (Å²) in [6.07, 6.45) is 0.490. The molecule has 0 spiro atoms. The predicted molar refractivity (Wildman–Crippen MR) is 68.0 cm³/mol. The molecule has 0 amide bonds. The predicted octanol–water partition coefficient (Wildman–Crippen LogP) is 1.37. The van der Waals surface area contributed by atoms with Gasteiger partial charge in [-0.1, -0.05) is 30.3 Å². The van der Waals surface area contributed by atoms with Crippen molar-refractivity contribution in [2.45, 2.75) is 12.1 Å². The van der Waals surface area contributed by atoms with E-state index < -0.39 is 0 Å². The molecule has 2 aliphatic rings. The molecule has 2 unspecified atom stereocenters. The SMILES string of the molecule is CN1CCN(CC2CO2)C(c2ccccc2)C1. The molecule has 92 valence electrons. The number of hydrogen-bond donors (Lipinski definition) is 0. The molecule has 0 bridgehead atoms. The van der Waals surface area contributed by atoms with Crippen LogP contribution in [0, 0.1) is 0 Å². The lowest BCUT2D eigenvalue weighted by molar-refractivity contribution is 0.0830. The van der Waals surface area contributed by atoms with Crippen LogP contribution in [0.2, 0.25) is 0 Å². The Labute approximate surface area is 103 Å². The first-order chi connectivity index (χ1) is 8.33. The van der Waals surface area contributed by atoms with E-state index in [0.29, 0.717) is 12.1 Å². The third kappa shape index (κ3) is 2.68. The van der Waals surface area contributed by atoms with Crippen LogP contribution in [0.1, 0.15) is 11.6 Å². The Kier molecular flexibility index (Phi) is 3.14. The third-order valence-electron chi connectivity index (χ3n) is 3.72. The molecule has 2 heterocycles. The van der Waals surface area contributed by atoms with Crippen molar-refractivity contribution >= 4 is 0 Å². The van der Waals surface area contributed by atoms with E-state index in [4.69, 9.17) is 4.74 Å². The van der Waals surface area contributed by atoms with E-state index in [2.05, 4.69) is 47.2 Å². The highest BCUT2D eigenvalue weighted by Gasteiger charge is 2.32. The summed E-state index contributed by atoms with van der Waals surface area (Å²) in [6, 6.07) is 11.4. The maximum absolute atomic E-state index is 5.37. The van der Waals surface area contributed by atoms with E-state index in [9.17, 15) is 0 Å². The quantitative estimate of drug-likeness (QED) is 0.734. The number of rotatable bonds is 3. The average Bonchev–Trinajstić information content (AvgIpc) is 3.17. The number of benzene rings is 1. The van der Waals surface area contributed by atoms with Gasteiger partial charge in [0.25, 0.3) is 0 Å². The third-order valence-corrected chi connectivity index (χ3v) is 3.72. The van der Waals surface area contributed by atoms with Gasteiger partial charge >= 0.3 is 0 Å². The molecule has 2 fully saturated rings. The van der Waals surface area contributed by atoms with Gasteiger partial charge in [-0.25, -0.2) is 0 Å². The van der Waals surface area contributed by atoms with Crippen molar-refractivity contribution in [3.05, 3.63) is 35.9 Å². The first kappa shape index (κ1) is 11.2. The molecule has 0 saturated carbocycles. The van der Waals surface area contributed by atoms with Crippen molar-refractivity contribution in [2.75, 3.05) is 39.8 Å². The van der Waals surface area contributed by atoms with Crippen molar-refractivity contribution < 1.29 is 4.74 Å². The molecular formula is C14H20N2O. The van der Waals surface area contributed by atoms with Gasteiger partial charge in [0.2, 0.25) is 0 Å². The summed E-state index contributed by atoms with van der Waals surface area (Å²) in [7, 11) is 2.21. The summed E-state index contributed by atoms with van der Waals surface area (Å²) >= 11 is 0. The Morgan fingerprint density at radius 3 is 2.71 bits per heavy atom. The van der Waals surface area contributed by atoms with Gasteiger partial charge in [-0.3, -0.25) is 4.90 Å². The lowest BCUT2D eigenvalue weighted by Gasteiger charge is -2.40. The Morgan fingerprint density at radius 2 is 2.00 bits per heavy atom. The lowest BCUT2D eigenvalue weighted by atomic mass is 10.0. The number of piperazine rings is 1. The highest BCUT2D eigenvalue weighted by atomic mass is 16.6. The number of hydrogen-bond acceptors (Lipinski definition) is 3. The van der Waals surface area contributed by atoms with E-state index in [1.807, 2.05) is 0 Å². The molecule has 0 radical (unpaired) electrons. The molecule has 2 atom stereocenters. The van der Waals surface area contributed by atoms with Crippen LogP contribution in [0.15, 0.2) is 30.3 Å². The Hall–Kier alpha value is -0.900. The zero-order chi connectivity index (χ0) is 11.7. The van der Waals surface area contributed by atoms with Crippen molar-refractivity contribution in [3.8, 4) is 0 Å². The zero-order valence-corrected chi connectivity index (χ0v) is 10.4. The Balaban J connectivity index is 1.76. The number of epoxide rings is 1. The molecule has 3 rings (SSSR count). The normalized spacial score (nSPS) is 30.4. The minimum atomic E-state index is 0.490. The van der Waals surface area contributed by atoms with E-state index in [-0.39, 0.29) is 0 Å². The summed E-state index contributed by atoms with van der Waals surface area (Å²) < 4.78 is 5.37. The number of nitrogens with zero attached hydrogens (tertiary/aromatic N) is 2. The highest BCUT2D eigenvalue weighted by molar-refractivity contribution is 5.20. The Bertz CT molecular complexity index is 364. The fourth-order valence-corrected chi connectivity index (χ4v) is 2.60. The summed E-state index contributed by atoms with van der Waals surface area (Å²) in [5, 5.41) is 0. The van der Waals surface area contributed by atoms with Gasteiger partial charge in [0, 0.05) is 32.2 Å². The minimum absolute atomic E-state index is 0.490. The fourth-order valence-electron chi connectivity index (χ4n) is 2.60. The summed E-state index contributed by atoms with van der Waals surface area (Å²) in [5.41, 5.74) is 1.43. The smallest absolute Gasteiger partial charge is 0.0936 e. The van der Waals surface area contributed by atoms with E-state index >= 15 is 0 Å². The van der Waals surface area contributed by atoms with Crippen molar-refractivity contribution in [2.24, 2.45) is 0 Å². The van der Waals surface area contributed by atoms with E-state index in [0.717, 1.165) is 32.8 Å². The van der Waals surface area contributed by atoms with Crippen LogP contribution >= 0.6 is 0 Å². The molecule has 0 aromatic heterocycles. The molecule has 17 heavy (non-hydrogen) atoms. The fraction of sp³-hybridized carbons (Fsp3) is 0.571. The second-order valence-electron chi connectivity index (χ2n) is 5.14. The molecule has 0 N–H and O–H groups in total. The lowest BCUT2D eigenvalue weighted by Crippen LogP contribution is -2.47. The first-order valence-electron chi connectivity index (χ1n) is 6.42. The average molecular weight is 232 g/mol. The first-order valence-corrected chi connectivity index (χ1v) is 6.42. The molecule has 2 saturated heterocycles. The van der Waals surface area contributed by atoms with E-state index in [1.54, 1.807) is 0 Å². The van der Waals surface area contributed by atoms with Gasteiger partial charge in [0.1, 0.15) is 0 Å². The topological polar surface area (TPSA) is 19.0 Å². The van der Waals surface area contributed by atoms with Gasteiger partial charge in [0.05, 0.1) is 12.7 Å². The van der Waals surface area contributed by atoms with Crippen LogP contribution < -0.4 is 0 Å².